The fraction of sp³-hybridized carbons (Fsp3) is 0.429. The van der Waals surface area contributed by atoms with Crippen LogP contribution in [0.15, 0.2) is 30.7 Å². The molecule has 3 aromatic rings. The molecule has 2 fully saturated rings. The summed E-state index contributed by atoms with van der Waals surface area (Å²) in [5.41, 5.74) is 7.91. The van der Waals surface area contributed by atoms with Crippen molar-refractivity contribution in [3.05, 3.63) is 42.2 Å². The topological polar surface area (TPSA) is 122 Å². The maximum atomic E-state index is 13.9. The zero-order valence-corrected chi connectivity index (χ0v) is 17.0. The van der Waals surface area contributed by atoms with Crippen molar-refractivity contribution in [1.82, 2.24) is 19.6 Å². The van der Waals surface area contributed by atoms with Crippen molar-refractivity contribution in [1.29, 1.82) is 0 Å². The molecular weight excluding hydrogens is 399 g/mol. The molecule has 0 bridgehead atoms. The molecule has 2 atom stereocenters. The number of carbonyl (C=O) groups excluding carboxylic acids is 1. The van der Waals surface area contributed by atoms with Crippen LogP contribution in [0, 0.1) is 5.82 Å². The highest BCUT2D eigenvalue weighted by Gasteiger charge is 2.26. The third-order valence-electron chi connectivity index (χ3n) is 5.81. The Labute approximate surface area is 178 Å². The Morgan fingerprint density at radius 2 is 1.97 bits per heavy atom. The van der Waals surface area contributed by atoms with E-state index in [1.807, 2.05) is 6.07 Å². The molecule has 0 aliphatic heterocycles. The average Bonchev–Trinajstić information content (AvgIpc) is 3.47. The van der Waals surface area contributed by atoms with Crippen LogP contribution in [0.2, 0.25) is 0 Å². The zero-order valence-electron chi connectivity index (χ0n) is 17.0. The summed E-state index contributed by atoms with van der Waals surface area (Å²) >= 11 is 0. The Kier molecular flexibility index (Phi) is 5.14. The van der Waals surface area contributed by atoms with E-state index in [2.05, 4.69) is 31.0 Å². The first kappa shape index (κ1) is 19.7. The minimum Gasteiger partial charge on any atom is -0.379 e. The SMILES string of the molecule is N[C@H]1CCCC[C@@H]1Nc1cc(NC2CC2)c2ncc(C(=O)Nc3ccncc3F)n2n1. The number of nitrogens with zero attached hydrogens (tertiary/aromatic N) is 4. The predicted octanol–water partition coefficient (Wildman–Crippen LogP) is 2.77. The Bertz CT molecular complexity index is 1110. The first-order valence-corrected chi connectivity index (χ1v) is 10.7. The van der Waals surface area contributed by atoms with Gasteiger partial charge in [0.2, 0.25) is 0 Å². The summed E-state index contributed by atoms with van der Waals surface area (Å²) in [6, 6.07) is 3.91. The number of carbonyl (C=O) groups is 1. The number of anilines is 3. The molecule has 3 aromatic heterocycles. The standard InChI is InChI=1S/C21H25FN8O/c22-13-10-24-8-7-15(13)28-21(31)18-11-25-20-17(26-12-5-6-12)9-19(29-30(18)20)27-16-4-2-1-3-14(16)23/h7-12,14,16,26H,1-6,23H2,(H,27,29)(H,24,28,31)/t14-,16-/m0/s1. The van der Waals surface area contributed by atoms with Gasteiger partial charge in [0.25, 0.3) is 5.91 Å². The number of hydrogen-bond acceptors (Lipinski definition) is 7. The quantitative estimate of drug-likeness (QED) is 0.480. The highest BCUT2D eigenvalue weighted by atomic mass is 19.1. The van der Waals surface area contributed by atoms with Crippen molar-refractivity contribution in [2.45, 2.75) is 56.7 Å². The third kappa shape index (κ3) is 4.15. The van der Waals surface area contributed by atoms with Gasteiger partial charge in [0.15, 0.2) is 17.2 Å². The fourth-order valence-electron chi connectivity index (χ4n) is 3.94. The zero-order chi connectivity index (χ0) is 21.4. The fourth-order valence-corrected chi connectivity index (χ4v) is 3.94. The largest absolute Gasteiger partial charge is 0.379 e. The Hall–Kier alpha value is -3.27. The van der Waals surface area contributed by atoms with Gasteiger partial charge in [0.1, 0.15) is 5.82 Å². The van der Waals surface area contributed by atoms with Crippen molar-refractivity contribution >= 4 is 28.7 Å². The van der Waals surface area contributed by atoms with E-state index in [0.29, 0.717) is 17.5 Å². The molecule has 0 spiro atoms. The second-order valence-corrected chi connectivity index (χ2v) is 8.25. The molecule has 2 aliphatic carbocycles. The molecular formula is C21H25FN8O. The van der Waals surface area contributed by atoms with E-state index in [9.17, 15) is 9.18 Å². The molecule has 0 radical (unpaired) electrons. The van der Waals surface area contributed by atoms with E-state index in [1.165, 1.54) is 23.0 Å². The molecule has 1 amide bonds. The average molecular weight is 424 g/mol. The molecule has 2 aliphatic rings. The van der Waals surface area contributed by atoms with Crippen molar-refractivity contribution in [2.24, 2.45) is 5.73 Å². The van der Waals surface area contributed by atoms with Crippen LogP contribution in [-0.4, -0.2) is 43.6 Å². The molecule has 162 valence electrons. The van der Waals surface area contributed by atoms with E-state index in [-0.39, 0.29) is 23.5 Å². The number of rotatable bonds is 6. The second kappa shape index (κ2) is 8.10. The molecule has 0 saturated heterocycles. The minimum absolute atomic E-state index is 0.0498. The molecule has 0 aromatic carbocycles. The summed E-state index contributed by atoms with van der Waals surface area (Å²) in [4.78, 5) is 21.0. The monoisotopic (exact) mass is 424 g/mol. The van der Waals surface area contributed by atoms with Gasteiger partial charge in [0.05, 0.1) is 23.8 Å². The van der Waals surface area contributed by atoms with Gasteiger partial charge in [-0.15, -0.1) is 5.10 Å². The third-order valence-corrected chi connectivity index (χ3v) is 5.81. The first-order chi connectivity index (χ1) is 15.1. The van der Waals surface area contributed by atoms with Gasteiger partial charge < -0.3 is 21.7 Å². The van der Waals surface area contributed by atoms with Gasteiger partial charge in [-0.1, -0.05) is 12.8 Å². The van der Waals surface area contributed by atoms with E-state index in [1.54, 1.807) is 0 Å². The summed E-state index contributed by atoms with van der Waals surface area (Å²) in [6.45, 7) is 0. The number of pyridine rings is 1. The van der Waals surface area contributed by atoms with E-state index in [0.717, 1.165) is 50.4 Å². The van der Waals surface area contributed by atoms with Crippen molar-refractivity contribution in [2.75, 3.05) is 16.0 Å². The maximum Gasteiger partial charge on any atom is 0.276 e. The number of imidazole rings is 1. The number of nitrogens with two attached hydrogens (primary N) is 1. The van der Waals surface area contributed by atoms with Crippen LogP contribution >= 0.6 is 0 Å². The number of nitrogens with one attached hydrogen (secondary N) is 3. The molecule has 10 heteroatoms. The van der Waals surface area contributed by atoms with Gasteiger partial charge in [0, 0.05) is 30.4 Å². The number of amides is 1. The number of halogens is 1. The van der Waals surface area contributed by atoms with Gasteiger partial charge in [-0.3, -0.25) is 9.78 Å². The highest BCUT2D eigenvalue weighted by molar-refractivity contribution is 6.03. The summed E-state index contributed by atoms with van der Waals surface area (Å²) in [5.74, 6) is -0.489. The van der Waals surface area contributed by atoms with E-state index < -0.39 is 11.7 Å². The lowest BCUT2D eigenvalue weighted by Gasteiger charge is -2.29. The molecule has 9 nitrogen and oxygen atoms in total. The van der Waals surface area contributed by atoms with Crippen LogP contribution in [0.4, 0.5) is 21.6 Å². The van der Waals surface area contributed by atoms with Crippen LogP contribution in [0.1, 0.15) is 49.0 Å². The number of aromatic nitrogens is 4. The lowest BCUT2D eigenvalue weighted by atomic mass is 9.91. The Balaban J connectivity index is 1.48. The van der Waals surface area contributed by atoms with E-state index in [4.69, 9.17) is 5.73 Å². The Morgan fingerprint density at radius 3 is 2.74 bits per heavy atom. The lowest BCUT2D eigenvalue weighted by Crippen LogP contribution is -2.42. The normalized spacial score (nSPS) is 21.1. The summed E-state index contributed by atoms with van der Waals surface area (Å²) in [7, 11) is 0. The van der Waals surface area contributed by atoms with Gasteiger partial charge >= 0.3 is 0 Å². The van der Waals surface area contributed by atoms with Crippen LogP contribution in [0.25, 0.3) is 5.65 Å². The summed E-state index contributed by atoms with van der Waals surface area (Å²) in [6.07, 6.45) is 10.3. The number of hydrogen-bond donors (Lipinski definition) is 4. The highest BCUT2D eigenvalue weighted by Crippen LogP contribution is 2.29. The molecule has 5 N–H and O–H groups in total. The predicted molar refractivity (Wildman–Crippen MR) is 116 cm³/mol. The molecule has 2 saturated carbocycles. The van der Waals surface area contributed by atoms with E-state index >= 15 is 0 Å². The first-order valence-electron chi connectivity index (χ1n) is 10.7. The van der Waals surface area contributed by atoms with Gasteiger partial charge in [-0.25, -0.2) is 13.9 Å². The minimum atomic E-state index is -0.609. The van der Waals surface area contributed by atoms with Gasteiger partial charge in [-0.05, 0) is 31.7 Å². The van der Waals surface area contributed by atoms with Crippen LogP contribution < -0.4 is 21.7 Å². The van der Waals surface area contributed by atoms with Crippen LogP contribution in [-0.2, 0) is 0 Å². The number of fused-ring (bicyclic) bond motifs is 1. The smallest absolute Gasteiger partial charge is 0.276 e. The maximum absolute atomic E-state index is 13.9. The Morgan fingerprint density at radius 1 is 1.13 bits per heavy atom. The van der Waals surface area contributed by atoms with Crippen molar-refractivity contribution in [3.8, 4) is 0 Å². The van der Waals surface area contributed by atoms with Crippen LogP contribution in [0.5, 0.6) is 0 Å². The van der Waals surface area contributed by atoms with Crippen LogP contribution in [0.3, 0.4) is 0 Å². The summed E-state index contributed by atoms with van der Waals surface area (Å²) in [5, 5.41) is 14.1. The molecule has 5 rings (SSSR count). The van der Waals surface area contributed by atoms with Crippen molar-refractivity contribution < 1.29 is 9.18 Å². The molecule has 0 unspecified atom stereocenters. The van der Waals surface area contributed by atoms with Gasteiger partial charge in [-0.2, -0.15) is 0 Å². The summed E-state index contributed by atoms with van der Waals surface area (Å²) < 4.78 is 15.4. The molecule has 31 heavy (non-hydrogen) atoms. The molecule has 3 heterocycles. The lowest BCUT2D eigenvalue weighted by molar-refractivity contribution is 0.102. The second-order valence-electron chi connectivity index (χ2n) is 8.25. The van der Waals surface area contributed by atoms with Crippen molar-refractivity contribution in [3.63, 3.8) is 0 Å².